The van der Waals surface area contributed by atoms with Gasteiger partial charge in [0.2, 0.25) is 5.91 Å². The quantitative estimate of drug-likeness (QED) is 0.777. The molecule has 6 nitrogen and oxygen atoms in total. The number of amides is 1. The molecule has 2 heterocycles. The number of β-amino-alcohol motifs (C(OH)–C–C–N with tert-alkyl or cyclic N) is 1. The van der Waals surface area contributed by atoms with Crippen molar-refractivity contribution in [1.29, 1.82) is 5.26 Å². The van der Waals surface area contributed by atoms with Gasteiger partial charge in [-0.2, -0.15) is 5.26 Å². The van der Waals surface area contributed by atoms with Crippen LogP contribution in [-0.2, 0) is 9.53 Å². The molecule has 0 bridgehead atoms. The lowest BCUT2D eigenvalue weighted by Gasteiger charge is -2.34. The molecule has 2 fully saturated rings. The van der Waals surface area contributed by atoms with E-state index in [1.165, 1.54) is 0 Å². The van der Waals surface area contributed by atoms with Gasteiger partial charge in [-0.3, -0.25) is 9.69 Å². The highest BCUT2D eigenvalue weighted by molar-refractivity contribution is 5.85. The van der Waals surface area contributed by atoms with E-state index in [-0.39, 0.29) is 12.5 Å². The third kappa shape index (κ3) is 3.29. The maximum atomic E-state index is 12.7. The minimum Gasteiger partial charge on any atom is -0.395 e. The van der Waals surface area contributed by atoms with Crippen LogP contribution < -0.4 is 0 Å². The standard InChI is InChI=1S/C14H23N3O3/c15-12-14(2-10-20-11-3-14)13(19)17-5-1-4-16(6-7-17)8-9-18/h18H,1-11H2. The van der Waals surface area contributed by atoms with Crippen molar-refractivity contribution in [3.05, 3.63) is 0 Å². The molecular formula is C14H23N3O3. The van der Waals surface area contributed by atoms with E-state index in [4.69, 9.17) is 9.84 Å². The molecule has 112 valence electrons. The molecule has 0 saturated carbocycles. The Bertz CT molecular complexity index is 374. The van der Waals surface area contributed by atoms with Crippen LogP contribution >= 0.6 is 0 Å². The molecule has 2 aliphatic rings. The maximum absolute atomic E-state index is 12.7. The zero-order chi connectivity index (χ0) is 14.4. The number of carbonyl (C=O) groups excluding carboxylic acids is 1. The van der Waals surface area contributed by atoms with Crippen molar-refractivity contribution in [3.63, 3.8) is 0 Å². The number of rotatable bonds is 3. The number of nitrogens with zero attached hydrogens (tertiary/aromatic N) is 3. The molecule has 1 N–H and O–H groups in total. The van der Waals surface area contributed by atoms with Crippen LogP contribution in [0, 0.1) is 16.7 Å². The molecule has 0 aromatic rings. The molecule has 0 radical (unpaired) electrons. The van der Waals surface area contributed by atoms with Gasteiger partial charge in [-0.05, 0) is 25.8 Å². The van der Waals surface area contributed by atoms with E-state index in [2.05, 4.69) is 11.0 Å². The minimum atomic E-state index is -0.885. The first-order valence-corrected chi connectivity index (χ1v) is 7.33. The third-order valence-corrected chi connectivity index (χ3v) is 4.26. The van der Waals surface area contributed by atoms with Crippen molar-refractivity contribution in [1.82, 2.24) is 9.80 Å². The lowest BCUT2D eigenvalue weighted by atomic mass is 9.80. The zero-order valence-electron chi connectivity index (χ0n) is 11.9. The largest absolute Gasteiger partial charge is 0.395 e. The number of aliphatic hydroxyl groups excluding tert-OH is 1. The molecular weight excluding hydrogens is 258 g/mol. The van der Waals surface area contributed by atoms with Crippen LogP contribution in [0.3, 0.4) is 0 Å². The van der Waals surface area contributed by atoms with E-state index in [0.717, 1.165) is 19.5 Å². The van der Waals surface area contributed by atoms with Crippen molar-refractivity contribution in [2.45, 2.75) is 19.3 Å². The van der Waals surface area contributed by atoms with Crippen molar-refractivity contribution in [2.24, 2.45) is 5.41 Å². The smallest absolute Gasteiger partial charge is 0.243 e. The molecule has 0 unspecified atom stereocenters. The van der Waals surface area contributed by atoms with Crippen molar-refractivity contribution < 1.29 is 14.6 Å². The fraction of sp³-hybridized carbons (Fsp3) is 0.857. The van der Waals surface area contributed by atoms with Gasteiger partial charge >= 0.3 is 0 Å². The molecule has 20 heavy (non-hydrogen) atoms. The topological polar surface area (TPSA) is 76.8 Å². The lowest BCUT2D eigenvalue weighted by molar-refractivity contribution is -0.143. The van der Waals surface area contributed by atoms with Gasteiger partial charge in [-0.1, -0.05) is 0 Å². The summed E-state index contributed by atoms with van der Waals surface area (Å²) in [6.45, 7) is 4.78. The van der Waals surface area contributed by atoms with Crippen LogP contribution in [0.1, 0.15) is 19.3 Å². The fourth-order valence-corrected chi connectivity index (χ4v) is 2.94. The summed E-state index contributed by atoms with van der Waals surface area (Å²) >= 11 is 0. The average molecular weight is 281 g/mol. The summed E-state index contributed by atoms with van der Waals surface area (Å²) in [7, 11) is 0. The van der Waals surface area contributed by atoms with Gasteiger partial charge in [-0.15, -0.1) is 0 Å². The second-order valence-corrected chi connectivity index (χ2v) is 5.52. The first-order valence-electron chi connectivity index (χ1n) is 7.33. The van der Waals surface area contributed by atoms with Gasteiger partial charge in [0.25, 0.3) is 0 Å². The van der Waals surface area contributed by atoms with Gasteiger partial charge in [0.15, 0.2) is 0 Å². The van der Waals surface area contributed by atoms with Gasteiger partial charge in [0, 0.05) is 39.4 Å². The molecule has 0 atom stereocenters. The molecule has 2 aliphatic heterocycles. The van der Waals surface area contributed by atoms with Crippen molar-refractivity contribution in [2.75, 3.05) is 52.5 Å². The Morgan fingerprint density at radius 1 is 1.25 bits per heavy atom. The van der Waals surface area contributed by atoms with Crippen molar-refractivity contribution >= 4 is 5.91 Å². The Labute approximate surface area is 119 Å². The van der Waals surface area contributed by atoms with Gasteiger partial charge < -0.3 is 14.7 Å². The van der Waals surface area contributed by atoms with Gasteiger partial charge in [0.1, 0.15) is 5.41 Å². The number of hydrogen-bond donors (Lipinski definition) is 1. The summed E-state index contributed by atoms with van der Waals surface area (Å²) in [6.07, 6.45) is 1.89. The average Bonchev–Trinajstić information content (AvgIpc) is 2.73. The fourth-order valence-electron chi connectivity index (χ4n) is 2.94. The van der Waals surface area contributed by atoms with Crippen LogP contribution in [-0.4, -0.2) is 73.4 Å². The summed E-state index contributed by atoms with van der Waals surface area (Å²) in [5.74, 6) is -0.0332. The molecule has 6 heteroatoms. The third-order valence-electron chi connectivity index (χ3n) is 4.26. The van der Waals surface area contributed by atoms with E-state index >= 15 is 0 Å². The van der Waals surface area contributed by atoms with Gasteiger partial charge in [-0.25, -0.2) is 0 Å². The highest BCUT2D eigenvalue weighted by Crippen LogP contribution is 2.32. The second-order valence-electron chi connectivity index (χ2n) is 5.52. The molecule has 1 amide bonds. The van der Waals surface area contributed by atoms with Crippen LogP contribution in [0.4, 0.5) is 0 Å². The lowest BCUT2D eigenvalue weighted by Crippen LogP contribution is -2.47. The summed E-state index contributed by atoms with van der Waals surface area (Å²) in [5, 5.41) is 18.4. The predicted octanol–water partition coefficient (Wildman–Crippen LogP) is -0.167. The van der Waals surface area contributed by atoms with E-state index in [1.807, 2.05) is 4.90 Å². The van der Waals surface area contributed by atoms with Gasteiger partial charge in [0.05, 0.1) is 12.7 Å². The highest BCUT2D eigenvalue weighted by atomic mass is 16.5. The number of nitriles is 1. The molecule has 0 aromatic heterocycles. The molecule has 0 spiro atoms. The normalized spacial score (nSPS) is 23.9. The summed E-state index contributed by atoms with van der Waals surface area (Å²) in [4.78, 5) is 16.7. The first kappa shape index (κ1) is 15.2. The van der Waals surface area contributed by atoms with Crippen LogP contribution in [0.2, 0.25) is 0 Å². The van der Waals surface area contributed by atoms with E-state index in [1.54, 1.807) is 0 Å². The van der Waals surface area contributed by atoms with Crippen LogP contribution in [0.15, 0.2) is 0 Å². The first-order chi connectivity index (χ1) is 9.72. The number of ether oxygens (including phenoxy) is 1. The molecule has 2 saturated heterocycles. The Kier molecular flexibility index (Phi) is 5.35. The number of hydrogen-bond acceptors (Lipinski definition) is 5. The zero-order valence-corrected chi connectivity index (χ0v) is 11.9. The molecule has 2 rings (SSSR count). The molecule has 0 aromatic carbocycles. The Hall–Kier alpha value is -1.16. The SMILES string of the molecule is N#CC1(C(=O)N2CCCN(CCO)CC2)CCOCC1. The number of carbonyl (C=O) groups is 1. The number of aliphatic hydroxyl groups is 1. The van der Waals surface area contributed by atoms with Crippen molar-refractivity contribution in [3.8, 4) is 6.07 Å². The van der Waals surface area contributed by atoms with Crippen LogP contribution in [0.5, 0.6) is 0 Å². The maximum Gasteiger partial charge on any atom is 0.243 e. The van der Waals surface area contributed by atoms with E-state index in [0.29, 0.717) is 45.7 Å². The Morgan fingerprint density at radius 2 is 2.00 bits per heavy atom. The minimum absolute atomic E-state index is 0.0332. The summed E-state index contributed by atoms with van der Waals surface area (Å²) in [5.41, 5.74) is -0.885. The molecule has 0 aliphatic carbocycles. The second kappa shape index (κ2) is 7.02. The predicted molar refractivity (Wildman–Crippen MR) is 72.8 cm³/mol. The Balaban J connectivity index is 1.99. The summed E-state index contributed by atoms with van der Waals surface area (Å²) < 4.78 is 5.28. The monoisotopic (exact) mass is 281 g/mol. The Morgan fingerprint density at radius 3 is 2.65 bits per heavy atom. The highest BCUT2D eigenvalue weighted by Gasteiger charge is 2.43. The van der Waals surface area contributed by atoms with Crippen LogP contribution in [0.25, 0.3) is 0 Å². The summed E-state index contributed by atoms with van der Waals surface area (Å²) in [6, 6.07) is 2.25. The van der Waals surface area contributed by atoms with E-state index < -0.39 is 5.41 Å². The van der Waals surface area contributed by atoms with E-state index in [9.17, 15) is 10.1 Å².